The highest BCUT2D eigenvalue weighted by Crippen LogP contribution is 2.32. The van der Waals surface area contributed by atoms with Crippen LogP contribution in [0.15, 0.2) is 0 Å². The van der Waals surface area contributed by atoms with E-state index in [1.54, 1.807) is 4.90 Å². The predicted molar refractivity (Wildman–Crippen MR) is 96.9 cm³/mol. The first kappa shape index (κ1) is 16.8. The van der Waals surface area contributed by atoms with Crippen molar-refractivity contribution < 1.29 is 9.59 Å². The number of likely N-dealkylation sites (tertiary alicyclic amines) is 1. The summed E-state index contributed by atoms with van der Waals surface area (Å²) in [5, 5.41) is 10.1. The zero-order chi connectivity index (χ0) is 17.2. The van der Waals surface area contributed by atoms with E-state index in [-0.39, 0.29) is 11.8 Å². The Balaban J connectivity index is 1.33. The number of amides is 2. The number of nitrogens with zero attached hydrogens (tertiary/aromatic N) is 5. The molecule has 136 valence electrons. The Bertz CT molecular complexity index is 635. The third-order valence-corrected chi connectivity index (χ3v) is 6.50. The first-order valence-electron chi connectivity index (χ1n) is 9.40. The number of carbonyl (C=O) groups excluding carboxylic acids is 2. The lowest BCUT2D eigenvalue weighted by molar-refractivity contribution is -0.137. The third kappa shape index (κ3) is 3.49. The van der Waals surface area contributed by atoms with Gasteiger partial charge in [-0.2, -0.15) is 0 Å². The van der Waals surface area contributed by atoms with Gasteiger partial charge < -0.3 is 9.80 Å². The molecule has 3 aliphatic rings. The largest absolute Gasteiger partial charge is 0.347 e. The lowest BCUT2D eigenvalue weighted by Gasteiger charge is -2.35. The number of piperidine rings is 2. The molecule has 4 heterocycles. The average Bonchev–Trinajstić information content (AvgIpc) is 3.31. The predicted octanol–water partition coefficient (Wildman–Crippen LogP) is 1.89. The Morgan fingerprint density at radius 3 is 2.32 bits per heavy atom. The molecular formula is C17H25N5O2S. The summed E-state index contributed by atoms with van der Waals surface area (Å²) < 4.78 is 0. The molecule has 0 aliphatic carbocycles. The van der Waals surface area contributed by atoms with Crippen molar-refractivity contribution in [2.24, 2.45) is 5.92 Å². The summed E-state index contributed by atoms with van der Waals surface area (Å²) >= 11 is 1.49. The maximum Gasteiger partial charge on any atom is 0.228 e. The van der Waals surface area contributed by atoms with Crippen LogP contribution in [0.2, 0.25) is 0 Å². The molecule has 3 saturated heterocycles. The molecule has 3 fully saturated rings. The van der Waals surface area contributed by atoms with E-state index in [1.165, 1.54) is 17.8 Å². The van der Waals surface area contributed by atoms with Gasteiger partial charge in [-0.3, -0.25) is 14.5 Å². The fourth-order valence-corrected chi connectivity index (χ4v) is 4.93. The van der Waals surface area contributed by atoms with Gasteiger partial charge in [-0.25, -0.2) is 0 Å². The van der Waals surface area contributed by atoms with Gasteiger partial charge in [0, 0.05) is 45.1 Å². The number of carbonyl (C=O) groups is 2. The third-order valence-electron chi connectivity index (χ3n) is 5.49. The molecule has 1 aromatic heterocycles. The Morgan fingerprint density at radius 1 is 0.920 bits per heavy atom. The van der Waals surface area contributed by atoms with Gasteiger partial charge in [-0.1, -0.05) is 11.3 Å². The Hall–Kier alpha value is -1.70. The van der Waals surface area contributed by atoms with Gasteiger partial charge in [0.1, 0.15) is 0 Å². The minimum absolute atomic E-state index is 0.147. The van der Waals surface area contributed by atoms with Crippen molar-refractivity contribution >= 4 is 33.4 Å². The van der Waals surface area contributed by atoms with Gasteiger partial charge in [0.25, 0.3) is 0 Å². The van der Waals surface area contributed by atoms with Gasteiger partial charge in [0.2, 0.25) is 22.1 Å². The zero-order valence-electron chi connectivity index (χ0n) is 14.5. The van der Waals surface area contributed by atoms with Crippen molar-refractivity contribution in [2.75, 3.05) is 42.5 Å². The number of hydrogen-bond donors (Lipinski definition) is 0. The molecule has 0 aromatic carbocycles. The minimum Gasteiger partial charge on any atom is -0.347 e. The molecule has 0 N–H and O–H groups in total. The van der Waals surface area contributed by atoms with Crippen LogP contribution in [0.25, 0.3) is 0 Å². The topological polar surface area (TPSA) is 69.6 Å². The van der Waals surface area contributed by atoms with Crippen LogP contribution < -0.4 is 9.80 Å². The van der Waals surface area contributed by atoms with Gasteiger partial charge >= 0.3 is 0 Å². The summed E-state index contributed by atoms with van der Waals surface area (Å²) in [6.45, 7) is 4.30. The normalized spacial score (nSPS) is 22.7. The van der Waals surface area contributed by atoms with Crippen LogP contribution in [-0.4, -0.2) is 59.6 Å². The number of aromatic nitrogens is 2. The van der Waals surface area contributed by atoms with E-state index in [2.05, 4.69) is 20.0 Å². The fourth-order valence-electron chi connectivity index (χ4n) is 3.99. The highest BCUT2D eigenvalue weighted by Gasteiger charge is 2.31. The summed E-state index contributed by atoms with van der Waals surface area (Å²) in [5.41, 5.74) is 0. The summed E-state index contributed by atoms with van der Waals surface area (Å²) in [5.74, 6) is 0.649. The van der Waals surface area contributed by atoms with Crippen LogP contribution in [0.1, 0.15) is 44.9 Å². The summed E-state index contributed by atoms with van der Waals surface area (Å²) in [6, 6.07) is 0. The molecule has 0 bridgehead atoms. The summed E-state index contributed by atoms with van der Waals surface area (Å²) in [7, 11) is 0. The average molecular weight is 363 g/mol. The van der Waals surface area contributed by atoms with Crippen LogP contribution in [0.4, 0.5) is 10.3 Å². The summed E-state index contributed by atoms with van der Waals surface area (Å²) in [4.78, 5) is 30.5. The number of rotatable bonds is 3. The van der Waals surface area contributed by atoms with Gasteiger partial charge in [0.15, 0.2) is 0 Å². The molecule has 0 unspecified atom stereocenters. The number of hydrogen-bond acceptors (Lipinski definition) is 6. The Morgan fingerprint density at radius 2 is 1.64 bits per heavy atom. The van der Waals surface area contributed by atoms with Gasteiger partial charge in [-0.15, -0.1) is 10.2 Å². The SMILES string of the molecule is O=C(C1CCN(c2nnc(N3CCCC3=O)s2)CC1)N1CCCCC1. The number of anilines is 2. The van der Waals surface area contributed by atoms with Crippen molar-refractivity contribution in [1.29, 1.82) is 0 Å². The second-order valence-electron chi connectivity index (χ2n) is 7.16. The van der Waals surface area contributed by atoms with Crippen LogP contribution in [0.5, 0.6) is 0 Å². The van der Waals surface area contributed by atoms with Gasteiger partial charge in [-0.05, 0) is 38.5 Å². The first-order valence-corrected chi connectivity index (χ1v) is 10.2. The molecule has 0 radical (unpaired) electrons. The fraction of sp³-hybridized carbons (Fsp3) is 0.765. The highest BCUT2D eigenvalue weighted by molar-refractivity contribution is 7.19. The maximum absolute atomic E-state index is 12.6. The molecule has 0 saturated carbocycles. The lowest BCUT2D eigenvalue weighted by Crippen LogP contribution is -2.44. The van der Waals surface area contributed by atoms with E-state index in [1.807, 2.05) is 0 Å². The minimum atomic E-state index is 0.147. The monoisotopic (exact) mass is 363 g/mol. The smallest absolute Gasteiger partial charge is 0.228 e. The standard InChI is InChI=1S/C17H25N5O2S/c23-14-5-4-10-22(14)17-19-18-16(25-17)21-11-6-13(7-12-21)15(24)20-8-2-1-3-9-20/h13H,1-12H2. The van der Waals surface area contributed by atoms with Crippen LogP contribution >= 0.6 is 11.3 Å². The molecule has 0 atom stereocenters. The molecule has 25 heavy (non-hydrogen) atoms. The lowest BCUT2D eigenvalue weighted by atomic mass is 9.94. The molecular weight excluding hydrogens is 338 g/mol. The Labute approximate surface area is 152 Å². The molecule has 2 amide bonds. The van der Waals surface area contributed by atoms with Gasteiger partial charge in [0.05, 0.1) is 0 Å². The van der Waals surface area contributed by atoms with E-state index < -0.39 is 0 Å². The molecule has 0 spiro atoms. The van der Waals surface area contributed by atoms with Crippen molar-refractivity contribution in [3.8, 4) is 0 Å². The zero-order valence-corrected chi connectivity index (χ0v) is 15.3. The Kier molecular flexibility index (Phi) is 4.87. The maximum atomic E-state index is 12.6. The van der Waals surface area contributed by atoms with Crippen molar-refractivity contribution in [3.05, 3.63) is 0 Å². The molecule has 7 nitrogen and oxygen atoms in total. The quantitative estimate of drug-likeness (QED) is 0.820. The van der Waals surface area contributed by atoms with E-state index in [0.29, 0.717) is 17.5 Å². The first-order chi connectivity index (χ1) is 12.2. The second-order valence-corrected chi connectivity index (χ2v) is 8.10. The van der Waals surface area contributed by atoms with E-state index >= 15 is 0 Å². The van der Waals surface area contributed by atoms with Crippen molar-refractivity contribution in [3.63, 3.8) is 0 Å². The van der Waals surface area contributed by atoms with E-state index in [4.69, 9.17) is 0 Å². The van der Waals surface area contributed by atoms with Crippen LogP contribution in [-0.2, 0) is 9.59 Å². The second kappa shape index (κ2) is 7.27. The molecule has 3 aliphatic heterocycles. The molecule has 4 rings (SSSR count). The van der Waals surface area contributed by atoms with Crippen LogP contribution in [0, 0.1) is 5.92 Å². The van der Waals surface area contributed by atoms with Crippen molar-refractivity contribution in [2.45, 2.75) is 44.9 Å². The van der Waals surface area contributed by atoms with Crippen molar-refractivity contribution in [1.82, 2.24) is 15.1 Å². The molecule has 8 heteroatoms. The highest BCUT2D eigenvalue weighted by atomic mass is 32.1. The van der Waals surface area contributed by atoms with E-state index in [9.17, 15) is 9.59 Å². The summed E-state index contributed by atoms with van der Waals surface area (Å²) in [6.07, 6.45) is 6.82. The van der Waals surface area contributed by atoms with Crippen LogP contribution in [0.3, 0.4) is 0 Å². The van der Waals surface area contributed by atoms with E-state index in [0.717, 1.165) is 70.0 Å². The molecule has 1 aromatic rings.